The van der Waals surface area contributed by atoms with Gasteiger partial charge in [0.2, 0.25) is 5.91 Å². The van der Waals surface area contributed by atoms with Crippen molar-refractivity contribution in [3.05, 3.63) is 18.2 Å². The second-order valence-electron chi connectivity index (χ2n) is 6.15. The van der Waals surface area contributed by atoms with Crippen LogP contribution in [-0.2, 0) is 9.59 Å². The molecule has 2 rings (SSSR count). The van der Waals surface area contributed by atoms with Crippen LogP contribution in [0, 0.1) is 0 Å². The van der Waals surface area contributed by atoms with Crippen LogP contribution in [0.15, 0.2) is 18.2 Å². The average molecular weight is 291 g/mol. The van der Waals surface area contributed by atoms with Gasteiger partial charge in [0, 0.05) is 11.2 Å². The number of ether oxygens (including phenoxy) is 1. The van der Waals surface area contributed by atoms with Gasteiger partial charge in [-0.1, -0.05) is 0 Å². The fraction of sp³-hybridized carbons (Fsp3) is 0.467. The number of anilines is 2. The number of amides is 2. The van der Waals surface area contributed by atoms with Crippen LogP contribution in [0.2, 0.25) is 0 Å². The summed E-state index contributed by atoms with van der Waals surface area (Å²) < 4.78 is 5.29. The zero-order chi connectivity index (χ0) is 15.6. The molecule has 2 amide bonds. The maximum atomic E-state index is 12.0. The summed E-state index contributed by atoms with van der Waals surface area (Å²) in [7, 11) is 0. The van der Waals surface area contributed by atoms with Gasteiger partial charge in [0.1, 0.15) is 11.8 Å². The third-order valence-corrected chi connectivity index (χ3v) is 2.89. The molecule has 0 saturated heterocycles. The Morgan fingerprint density at radius 2 is 2.10 bits per heavy atom. The van der Waals surface area contributed by atoms with Crippen LogP contribution in [0.1, 0.15) is 27.7 Å². The predicted molar refractivity (Wildman–Crippen MR) is 81.5 cm³/mol. The maximum absolute atomic E-state index is 12.0. The van der Waals surface area contributed by atoms with Gasteiger partial charge in [-0.3, -0.25) is 9.59 Å². The molecule has 21 heavy (non-hydrogen) atoms. The topological polar surface area (TPSA) is 79.5 Å². The summed E-state index contributed by atoms with van der Waals surface area (Å²) in [5.74, 6) is 0.366. The van der Waals surface area contributed by atoms with Crippen LogP contribution in [0.5, 0.6) is 5.75 Å². The van der Waals surface area contributed by atoms with E-state index < -0.39 is 0 Å². The Morgan fingerprint density at radius 3 is 2.76 bits per heavy atom. The Morgan fingerprint density at radius 1 is 1.38 bits per heavy atom. The van der Waals surface area contributed by atoms with Crippen LogP contribution in [-0.4, -0.2) is 30.0 Å². The van der Waals surface area contributed by atoms with Crippen molar-refractivity contribution in [3.63, 3.8) is 0 Å². The molecule has 1 unspecified atom stereocenters. The molecule has 0 aromatic heterocycles. The second-order valence-corrected chi connectivity index (χ2v) is 6.15. The molecule has 1 atom stereocenters. The number of hydrogen-bond acceptors (Lipinski definition) is 4. The maximum Gasteiger partial charge on any atom is 0.262 e. The van der Waals surface area contributed by atoms with Gasteiger partial charge in [-0.25, -0.2) is 0 Å². The molecule has 1 heterocycles. The van der Waals surface area contributed by atoms with Crippen LogP contribution in [0.3, 0.4) is 0 Å². The summed E-state index contributed by atoms with van der Waals surface area (Å²) in [4.78, 5) is 23.3. The molecule has 1 aromatic carbocycles. The average Bonchev–Trinajstić information content (AvgIpc) is 2.36. The number of rotatable bonds is 3. The fourth-order valence-corrected chi connectivity index (χ4v) is 1.97. The summed E-state index contributed by atoms with van der Waals surface area (Å²) in [6, 6.07) is 4.96. The van der Waals surface area contributed by atoms with Crippen molar-refractivity contribution in [1.29, 1.82) is 0 Å². The molecule has 0 radical (unpaired) electrons. The van der Waals surface area contributed by atoms with E-state index in [1.165, 1.54) is 0 Å². The standard InChI is InChI=1S/C15H21N3O3/c1-9(14(20)18-15(2,3)4)16-10-5-6-12-11(7-10)17-13(19)8-21-12/h5-7,9,16H,8H2,1-4H3,(H,17,19)(H,18,20). The first-order valence-corrected chi connectivity index (χ1v) is 6.90. The van der Waals surface area contributed by atoms with Crippen LogP contribution < -0.4 is 20.7 Å². The summed E-state index contributed by atoms with van der Waals surface area (Å²) >= 11 is 0. The van der Waals surface area contributed by atoms with Crippen LogP contribution in [0.4, 0.5) is 11.4 Å². The van der Waals surface area contributed by atoms with Crippen LogP contribution >= 0.6 is 0 Å². The smallest absolute Gasteiger partial charge is 0.262 e. The van der Waals surface area contributed by atoms with E-state index in [9.17, 15) is 9.59 Å². The molecular formula is C15H21N3O3. The first-order valence-electron chi connectivity index (χ1n) is 6.90. The van der Waals surface area contributed by atoms with E-state index in [4.69, 9.17) is 4.74 Å². The van der Waals surface area contributed by atoms with E-state index in [0.717, 1.165) is 5.69 Å². The Labute approximate surface area is 124 Å². The number of hydrogen-bond donors (Lipinski definition) is 3. The van der Waals surface area contributed by atoms with E-state index in [1.807, 2.05) is 26.8 Å². The minimum absolute atomic E-state index is 0.0319. The van der Waals surface area contributed by atoms with Gasteiger partial charge in [0.05, 0.1) is 5.69 Å². The number of carbonyl (C=O) groups excluding carboxylic acids is 2. The first-order chi connectivity index (χ1) is 9.74. The largest absolute Gasteiger partial charge is 0.482 e. The molecule has 1 aromatic rings. The number of fused-ring (bicyclic) bond motifs is 1. The summed E-state index contributed by atoms with van der Waals surface area (Å²) in [5, 5.41) is 8.76. The van der Waals surface area contributed by atoms with E-state index in [2.05, 4.69) is 16.0 Å². The Balaban J connectivity index is 2.04. The zero-order valence-corrected chi connectivity index (χ0v) is 12.7. The SMILES string of the molecule is CC(Nc1ccc2c(c1)NC(=O)CO2)C(=O)NC(C)(C)C. The molecule has 114 valence electrons. The quantitative estimate of drug-likeness (QED) is 0.792. The van der Waals surface area contributed by atoms with Gasteiger partial charge in [-0.2, -0.15) is 0 Å². The first kappa shape index (κ1) is 15.2. The molecule has 1 aliphatic heterocycles. The third-order valence-electron chi connectivity index (χ3n) is 2.89. The third kappa shape index (κ3) is 4.11. The monoisotopic (exact) mass is 291 g/mol. The lowest BCUT2D eigenvalue weighted by molar-refractivity contribution is -0.123. The summed E-state index contributed by atoms with van der Waals surface area (Å²) in [5.41, 5.74) is 1.08. The van der Waals surface area contributed by atoms with Gasteiger partial charge in [0.15, 0.2) is 6.61 Å². The minimum atomic E-state index is -0.387. The Kier molecular flexibility index (Phi) is 4.06. The molecular weight excluding hydrogens is 270 g/mol. The molecule has 3 N–H and O–H groups in total. The number of nitrogens with one attached hydrogen (secondary N) is 3. The van der Waals surface area contributed by atoms with Gasteiger partial charge >= 0.3 is 0 Å². The van der Waals surface area contributed by atoms with Gasteiger partial charge in [0.25, 0.3) is 5.91 Å². The molecule has 6 nitrogen and oxygen atoms in total. The summed E-state index contributed by atoms with van der Waals surface area (Å²) in [6.45, 7) is 7.62. The molecule has 0 bridgehead atoms. The van der Waals surface area contributed by atoms with E-state index >= 15 is 0 Å². The minimum Gasteiger partial charge on any atom is -0.482 e. The van der Waals surface area contributed by atoms with Crippen molar-refractivity contribution < 1.29 is 14.3 Å². The number of carbonyl (C=O) groups is 2. The van der Waals surface area contributed by atoms with E-state index in [0.29, 0.717) is 11.4 Å². The molecule has 0 spiro atoms. The lowest BCUT2D eigenvalue weighted by atomic mass is 10.1. The van der Waals surface area contributed by atoms with Crippen molar-refractivity contribution in [2.75, 3.05) is 17.2 Å². The zero-order valence-electron chi connectivity index (χ0n) is 12.7. The van der Waals surface area contributed by atoms with Crippen molar-refractivity contribution in [2.45, 2.75) is 39.3 Å². The number of benzene rings is 1. The van der Waals surface area contributed by atoms with Crippen molar-refractivity contribution >= 4 is 23.2 Å². The van der Waals surface area contributed by atoms with E-state index in [1.54, 1.807) is 19.1 Å². The Bertz CT molecular complexity index is 564. The van der Waals surface area contributed by atoms with Crippen molar-refractivity contribution in [3.8, 4) is 5.75 Å². The Hall–Kier alpha value is -2.24. The van der Waals surface area contributed by atoms with E-state index in [-0.39, 0.29) is 30.0 Å². The van der Waals surface area contributed by atoms with Crippen LogP contribution in [0.25, 0.3) is 0 Å². The van der Waals surface area contributed by atoms with Crippen molar-refractivity contribution in [1.82, 2.24) is 5.32 Å². The molecule has 1 aliphatic rings. The molecule has 0 fully saturated rings. The lowest BCUT2D eigenvalue weighted by Crippen LogP contribution is -2.47. The lowest BCUT2D eigenvalue weighted by Gasteiger charge is -2.24. The van der Waals surface area contributed by atoms with Crippen molar-refractivity contribution in [2.24, 2.45) is 0 Å². The second kappa shape index (κ2) is 5.63. The highest BCUT2D eigenvalue weighted by Gasteiger charge is 2.20. The summed E-state index contributed by atoms with van der Waals surface area (Å²) in [6.07, 6.45) is 0. The predicted octanol–water partition coefficient (Wildman–Crippen LogP) is 1.73. The van der Waals surface area contributed by atoms with Gasteiger partial charge in [-0.15, -0.1) is 0 Å². The normalized spacial score (nSPS) is 15.3. The van der Waals surface area contributed by atoms with Gasteiger partial charge < -0.3 is 20.7 Å². The molecule has 0 saturated carbocycles. The molecule has 0 aliphatic carbocycles. The highest BCUT2D eigenvalue weighted by Crippen LogP contribution is 2.30. The fourth-order valence-electron chi connectivity index (χ4n) is 1.97. The molecule has 6 heteroatoms. The highest BCUT2D eigenvalue weighted by molar-refractivity contribution is 5.96. The van der Waals surface area contributed by atoms with Gasteiger partial charge in [-0.05, 0) is 45.9 Å². The highest BCUT2D eigenvalue weighted by atomic mass is 16.5.